The van der Waals surface area contributed by atoms with E-state index in [0.717, 1.165) is 32.4 Å². The number of hydrogen-bond acceptors (Lipinski definition) is 3. The summed E-state index contributed by atoms with van der Waals surface area (Å²) in [7, 11) is 0. The Kier molecular flexibility index (Phi) is 15.3. The average Bonchev–Trinajstić information content (AvgIpc) is 2.26. The van der Waals surface area contributed by atoms with Crippen molar-refractivity contribution in [3.8, 4) is 0 Å². The summed E-state index contributed by atoms with van der Waals surface area (Å²) < 4.78 is 0. The van der Waals surface area contributed by atoms with Crippen LogP contribution >= 0.6 is 17.0 Å². The van der Waals surface area contributed by atoms with Crippen molar-refractivity contribution in [1.29, 1.82) is 0 Å². The predicted octanol–water partition coefficient (Wildman–Crippen LogP) is 3.07. The fourth-order valence-electron chi connectivity index (χ4n) is 1.80. The summed E-state index contributed by atoms with van der Waals surface area (Å²) in [6.07, 6.45) is 5.96. The molecule has 110 valence electrons. The summed E-state index contributed by atoms with van der Waals surface area (Å²) in [4.78, 5) is 11.7. The van der Waals surface area contributed by atoms with E-state index in [4.69, 9.17) is 5.73 Å². The lowest BCUT2D eigenvalue weighted by Gasteiger charge is -2.12. The number of rotatable bonds is 11. The first kappa shape index (κ1) is 20.4. The zero-order valence-electron chi connectivity index (χ0n) is 12.2. The quantitative estimate of drug-likeness (QED) is 0.575. The summed E-state index contributed by atoms with van der Waals surface area (Å²) in [5.41, 5.74) is 5.83. The van der Waals surface area contributed by atoms with Crippen LogP contribution in [0.4, 0.5) is 0 Å². The number of carbonyl (C=O) groups is 1. The molecular weight excluding hydrogens is 292 g/mol. The van der Waals surface area contributed by atoms with E-state index >= 15 is 0 Å². The molecule has 3 nitrogen and oxygen atoms in total. The largest absolute Gasteiger partial charge is 0.322 e. The molecule has 0 aliphatic heterocycles. The molecule has 3 N–H and O–H groups in total. The molecule has 0 bridgehead atoms. The number of unbranched alkanes of at least 4 members (excludes halogenated alkanes) is 2. The zero-order chi connectivity index (χ0) is 13.1. The number of Topliss-reactive ketones (excluding diaryl/α,β-unsaturated/α-hetero) is 1. The second kappa shape index (κ2) is 13.5. The van der Waals surface area contributed by atoms with Crippen molar-refractivity contribution in [3.63, 3.8) is 0 Å². The first-order valence-corrected chi connectivity index (χ1v) is 7.07. The maximum atomic E-state index is 11.7. The molecule has 1 atom stereocenters. The molecule has 0 aliphatic carbocycles. The highest BCUT2D eigenvalue weighted by atomic mass is 79.9. The summed E-state index contributed by atoms with van der Waals surface area (Å²) in [6.45, 7) is 8.51. The molecule has 0 aromatic heterocycles. The Morgan fingerprint density at radius 1 is 1.17 bits per heavy atom. The van der Waals surface area contributed by atoms with E-state index in [-0.39, 0.29) is 28.8 Å². The van der Waals surface area contributed by atoms with Crippen LogP contribution in [0.2, 0.25) is 0 Å². The van der Waals surface area contributed by atoms with E-state index in [2.05, 4.69) is 26.1 Å². The minimum absolute atomic E-state index is 0. The van der Waals surface area contributed by atoms with Gasteiger partial charge < -0.3 is 11.1 Å². The standard InChI is InChI=1S/C14H30N2O.BrH/c1-4-5-9-16-10-7-6-8-14(17)13(15)11-12(2)3;/h12-13,16H,4-11,15H2,1-3H3;1H/t13-;/m0./s1. The summed E-state index contributed by atoms with van der Waals surface area (Å²) in [5.74, 6) is 0.733. The molecule has 0 aromatic carbocycles. The molecule has 0 saturated heterocycles. The minimum Gasteiger partial charge on any atom is -0.322 e. The topological polar surface area (TPSA) is 55.1 Å². The van der Waals surface area contributed by atoms with Crippen molar-refractivity contribution in [2.75, 3.05) is 13.1 Å². The van der Waals surface area contributed by atoms with Gasteiger partial charge in [-0.25, -0.2) is 0 Å². The first-order chi connectivity index (χ1) is 8.07. The molecular formula is C14H31BrN2O. The van der Waals surface area contributed by atoms with Crippen molar-refractivity contribution in [3.05, 3.63) is 0 Å². The Morgan fingerprint density at radius 3 is 2.33 bits per heavy atom. The number of nitrogens with one attached hydrogen (secondary N) is 1. The van der Waals surface area contributed by atoms with Crippen LogP contribution in [0, 0.1) is 5.92 Å². The van der Waals surface area contributed by atoms with Gasteiger partial charge in [-0.3, -0.25) is 4.79 Å². The molecule has 0 spiro atoms. The first-order valence-electron chi connectivity index (χ1n) is 7.07. The van der Waals surface area contributed by atoms with Gasteiger partial charge in [-0.2, -0.15) is 0 Å². The number of carbonyl (C=O) groups excluding carboxylic acids is 1. The van der Waals surface area contributed by atoms with Gasteiger partial charge in [0.2, 0.25) is 0 Å². The average molecular weight is 323 g/mol. The Labute approximate surface area is 123 Å². The summed E-state index contributed by atoms with van der Waals surface area (Å²) in [6, 6.07) is -0.247. The van der Waals surface area contributed by atoms with Gasteiger partial charge in [0.05, 0.1) is 6.04 Å². The third-order valence-corrected chi connectivity index (χ3v) is 2.87. The fraction of sp³-hybridized carbons (Fsp3) is 0.929. The second-order valence-electron chi connectivity index (χ2n) is 5.26. The smallest absolute Gasteiger partial charge is 0.149 e. The van der Waals surface area contributed by atoms with Gasteiger partial charge >= 0.3 is 0 Å². The van der Waals surface area contributed by atoms with E-state index in [1.54, 1.807) is 0 Å². The highest BCUT2D eigenvalue weighted by molar-refractivity contribution is 8.93. The highest BCUT2D eigenvalue weighted by Gasteiger charge is 2.13. The molecule has 0 rings (SSSR count). The Bertz CT molecular complexity index is 198. The van der Waals surface area contributed by atoms with E-state index in [1.807, 2.05) is 0 Å². The number of nitrogens with two attached hydrogens (primary N) is 1. The van der Waals surface area contributed by atoms with Crippen molar-refractivity contribution < 1.29 is 4.79 Å². The Morgan fingerprint density at radius 2 is 1.78 bits per heavy atom. The maximum absolute atomic E-state index is 11.7. The lowest BCUT2D eigenvalue weighted by atomic mass is 9.98. The zero-order valence-corrected chi connectivity index (χ0v) is 13.9. The SMILES string of the molecule is Br.CCCCNCCCCC(=O)[C@@H](N)CC(C)C. The highest BCUT2D eigenvalue weighted by Crippen LogP contribution is 2.07. The van der Waals surface area contributed by atoms with Crippen LogP contribution in [-0.4, -0.2) is 24.9 Å². The third-order valence-electron chi connectivity index (χ3n) is 2.87. The van der Waals surface area contributed by atoms with Gasteiger partial charge in [-0.15, -0.1) is 17.0 Å². The second-order valence-corrected chi connectivity index (χ2v) is 5.26. The number of ketones is 1. The van der Waals surface area contributed by atoms with Gasteiger partial charge in [0.1, 0.15) is 5.78 Å². The molecule has 4 heteroatoms. The van der Waals surface area contributed by atoms with Crippen LogP contribution in [0.5, 0.6) is 0 Å². The van der Waals surface area contributed by atoms with Crippen molar-refractivity contribution >= 4 is 22.8 Å². The molecule has 0 aromatic rings. The molecule has 0 amide bonds. The van der Waals surface area contributed by atoms with Crippen LogP contribution in [0.1, 0.15) is 59.3 Å². The lowest BCUT2D eigenvalue weighted by Crippen LogP contribution is -2.31. The lowest BCUT2D eigenvalue weighted by molar-refractivity contribution is -0.120. The van der Waals surface area contributed by atoms with Crippen molar-refractivity contribution in [2.24, 2.45) is 11.7 Å². The number of hydrogen-bond donors (Lipinski definition) is 2. The fourth-order valence-corrected chi connectivity index (χ4v) is 1.80. The van der Waals surface area contributed by atoms with E-state index in [9.17, 15) is 4.79 Å². The summed E-state index contributed by atoms with van der Waals surface area (Å²) in [5, 5.41) is 3.38. The number of halogens is 1. The van der Waals surface area contributed by atoms with Gasteiger partial charge in [0.15, 0.2) is 0 Å². The third kappa shape index (κ3) is 12.5. The van der Waals surface area contributed by atoms with E-state index in [0.29, 0.717) is 12.3 Å². The predicted molar refractivity (Wildman–Crippen MR) is 84.4 cm³/mol. The molecule has 0 heterocycles. The molecule has 0 unspecified atom stereocenters. The molecule has 0 fully saturated rings. The molecule has 18 heavy (non-hydrogen) atoms. The maximum Gasteiger partial charge on any atom is 0.149 e. The van der Waals surface area contributed by atoms with Crippen LogP contribution in [0.15, 0.2) is 0 Å². The van der Waals surface area contributed by atoms with Crippen molar-refractivity contribution in [1.82, 2.24) is 5.32 Å². The van der Waals surface area contributed by atoms with E-state index in [1.165, 1.54) is 12.8 Å². The Balaban J connectivity index is 0. The van der Waals surface area contributed by atoms with Crippen LogP contribution in [-0.2, 0) is 4.79 Å². The minimum atomic E-state index is -0.247. The van der Waals surface area contributed by atoms with Gasteiger partial charge in [0, 0.05) is 6.42 Å². The van der Waals surface area contributed by atoms with Gasteiger partial charge in [-0.1, -0.05) is 27.2 Å². The van der Waals surface area contributed by atoms with Gasteiger partial charge in [0.25, 0.3) is 0 Å². The van der Waals surface area contributed by atoms with E-state index < -0.39 is 0 Å². The van der Waals surface area contributed by atoms with Crippen LogP contribution < -0.4 is 11.1 Å². The Hall–Kier alpha value is 0.0700. The molecule has 0 saturated carbocycles. The van der Waals surface area contributed by atoms with Gasteiger partial charge in [-0.05, 0) is 44.7 Å². The van der Waals surface area contributed by atoms with Crippen molar-refractivity contribution in [2.45, 2.75) is 65.3 Å². The monoisotopic (exact) mass is 322 g/mol. The molecule has 0 aliphatic rings. The summed E-state index contributed by atoms with van der Waals surface area (Å²) >= 11 is 0. The normalized spacial score (nSPS) is 12.3. The van der Waals surface area contributed by atoms with Crippen LogP contribution in [0.25, 0.3) is 0 Å². The molecule has 0 radical (unpaired) electrons. The van der Waals surface area contributed by atoms with Crippen LogP contribution in [0.3, 0.4) is 0 Å².